The summed E-state index contributed by atoms with van der Waals surface area (Å²) in [5.74, 6) is 0.918. The molecule has 74 valence electrons. The second-order valence-electron chi connectivity index (χ2n) is 3.33. The van der Waals surface area contributed by atoms with Crippen LogP contribution in [0.25, 0.3) is 11.3 Å². The zero-order valence-corrected chi connectivity index (χ0v) is 9.35. The molecule has 2 aromatic rings. The molecule has 15 heavy (non-hydrogen) atoms. The molecule has 1 aliphatic rings. The minimum Gasteiger partial charge on any atom is -0.149 e. The molecule has 0 saturated carbocycles. The molecule has 0 radical (unpaired) electrons. The average Bonchev–Trinajstić information content (AvgIpc) is 2.28. The molecule has 0 spiro atoms. The zero-order valence-electron chi connectivity index (χ0n) is 7.77. The summed E-state index contributed by atoms with van der Waals surface area (Å²) < 4.78 is 0. The van der Waals surface area contributed by atoms with Crippen molar-refractivity contribution in [1.82, 2.24) is 10.2 Å². The summed E-state index contributed by atoms with van der Waals surface area (Å²) in [7, 11) is 0. The van der Waals surface area contributed by atoms with E-state index in [1.807, 2.05) is 30.0 Å². The molecule has 2 nitrogen and oxygen atoms in total. The van der Waals surface area contributed by atoms with Crippen LogP contribution in [0.5, 0.6) is 0 Å². The molecule has 4 heteroatoms. The van der Waals surface area contributed by atoms with Crippen LogP contribution in [0, 0.1) is 0 Å². The van der Waals surface area contributed by atoms with Gasteiger partial charge < -0.3 is 0 Å². The minimum absolute atomic E-state index is 0.466. The summed E-state index contributed by atoms with van der Waals surface area (Å²) in [5.41, 5.74) is 3.29. The zero-order chi connectivity index (χ0) is 10.3. The van der Waals surface area contributed by atoms with Gasteiger partial charge in [0, 0.05) is 16.2 Å². The first-order valence-corrected chi connectivity index (χ1v) is 5.95. The number of thioether (sulfide) groups is 1. The fourth-order valence-electron chi connectivity index (χ4n) is 1.68. The number of halogens is 1. The minimum atomic E-state index is 0.466. The van der Waals surface area contributed by atoms with E-state index in [9.17, 15) is 0 Å². The molecule has 0 fully saturated rings. The van der Waals surface area contributed by atoms with Crippen molar-refractivity contribution >= 4 is 23.4 Å². The third-order valence-corrected chi connectivity index (χ3v) is 3.68. The lowest BCUT2D eigenvalue weighted by atomic mass is 10.1. The van der Waals surface area contributed by atoms with Crippen LogP contribution in [-0.4, -0.2) is 10.2 Å². The normalized spacial score (nSPS) is 13.1. The predicted octanol–water partition coefficient (Wildman–Crippen LogP) is 3.40. The molecular weight excluding hydrogens is 228 g/mol. The van der Waals surface area contributed by atoms with Gasteiger partial charge in [-0.3, -0.25) is 0 Å². The van der Waals surface area contributed by atoms with Gasteiger partial charge in [-0.05, 0) is 17.7 Å². The molecule has 1 aromatic carbocycles. The molecule has 0 unspecified atom stereocenters. The topological polar surface area (TPSA) is 25.8 Å². The largest absolute Gasteiger partial charge is 0.152 e. The van der Waals surface area contributed by atoms with Gasteiger partial charge in [-0.2, -0.15) is 0 Å². The van der Waals surface area contributed by atoms with E-state index in [2.05, 4.69) is 22.3 Å². The van der Waals surface area contributed by atoms with Crippen molar-refractivity contribution in [3.8, 4) is 11.3 Å². The SMILES string of the molecule is Clc1cc2c(nn1)-c1ccccc1SC2. The van der Waals surface area contributed by atoms with E-state index >= 15 is 0 Å². The van der Waals surface area contributed by atoms with Crippen LogP contribution < -0.4 is 0 Å². The summed E-state index contributed by atoms with van der Waals surface area (Å²) in [6.45, 7) is 0. The Morgan fingerprint density at radius 2 is 2.07 bits per heavy atom. The van der Waals surface area contributed by atoms with Gasteiger partial charge in [-0.1, -0.05) is 29.8 Å². The lowest BCUT2D eigenvalue weighted by molar-refractivity contribution is 1.01. The van der Waals surface area contributed by atoms with Crippen LogP contribution in [0.2, 0.25) is 5.15 Å². The summed E-state index contributed by atoms with van der Waals surface area (Å²) >= 11 is 7.63. The highest BCUT2D eigenvalue weighted by molar-refractivity contribution is 7.98. The van der Waals surface area contributed by atoms with Crippen LogP contribution in [0.1, 0.15) is 5.56 Å². The van der Waals surface area contributed by atoms with Gasteiger partial charge in [0.15, 0.2) is 5.15 Å². The predicted molar refractivity (Wildman–Crippen MR) is 62.0 cm³/mol. The van der Waals surface area contributed by atoms with E-state index in [4.69, 9.17) is 11.6 Å². The van der Waals surface area contributed by atoms with Gasteiger partial charge in [0.1, 0.15) is 0 Å². The van der Waals surface area contributed by atoms with Crippen molar-refractivity contribution in [2.24, 2.45) is 0 Å². The first-order chi connectivity index (χ1) is 7.34. The Morgan fingerprint density at radius 3 is 3.00 bits per heavy atom. The highest BCUT2D eigenvalue weighted by Gasteiger charge is 2.17. The van der Waals surface area contributed by atoms with E-state index in [0.29, 0.717) is 5.15 Å². The highest BCUT2D eigenvalue weighted by atomic mass is 35.5. The van der Waals surface area contributed by atoms with Gasteiger partial charge in [0.05, 0.1) is 5.69 Å². The maximum atomic E-state index is 5.82. The monoisotopic (exact) mass is 234 g/mol. The van der Waals surface area contributed by atoms with Gasteiger partial charge in [-0.25, -0.2) is 0 Å². The highest BCUT2D eigenvalue weighted by Crippen LogP contribution is 2.40. The number of hydrogen-bond acceptors (Lipinski definition) is 3. The Bertz CT molecular complexity index is 528. The standard InChI is InChI=1S/C11H7ClN2S/c12-10-5-7-6-15-9-4-2-1-3-8(9)11(7)14-13-10/h1-5H,6H2. The molecule has 3 rings (SSSR count). The van der Waals surface area contributed by atoms with Crippen molar-refractivity contribution in [1.29, 1.82) is 0 Å². The van der Waals surface area contributed by atoms with Gasteiger partial charge in [0.25, 0.3) is 0 Å². The van der Waals surface area contributed by atoms with Crippen LogP contribution in [0.3, 0.4) is 0 Å². The average molecular weight is 235 g/mol. The quantitative estimate of drug-likeness (QED) is 0.699. The van der Waals surface area contributed by atoms with Gasteiger partial charge in [-0.15, -0.1) is 22.0 Å². The summed E-state index contributed by atoms with van der Waals surface area (Å²) in [5, 5.41) is 8.53. The number of fused-ring (bicyclic) bond motifs is 3. The summed E-state index contributed by atoms with van der Waals surface area (Å²) in [6.07, 6.45) is 0. The molecule has 0 amide bonds. The molecule has 2 heterocycles. The van der Waals surface area contributed by atoms with Crippen LogP contribution in [-0.2, 0) is 5.75 Å². The molecule has 1 aliphatic heterocycles. The van der Waals surface area contributed by atoms with E-state index in [1.54, 1.807) is 0 Å². The van der Waals surface area contributed by atoms with Gasteiger partial charge in [0.2, 0.25) is 0 Å². The number of benzene rings is 1. The third-order valence-electron chi connectivity index (χ3n) is 2.37. The lowest BCUT2D eigenvalue weighted by Gasteiger charge is -2.16. The maximum Gasteiger partial charge on any atom is 0.152 e. The number of rotatable bonds is 0. The number of aromatic nitrogens is 2. The van der Waals surface area contributed by atoms with Crippen LogP contribution in [0.15, 0.2) is 35.2 Å². The molecule has 0 atom stereocenters. The first-order valence-electron chi connectivity index (χ1n) is 4.59. The summed E-state index contributed by atoms with van der Waals surface area (Å²) in [4.78, 5) is 1.27. The van der Waals surface area contributed by atoms with Crippen LogP contribution >= 0.6 is 23.4 Å². The molecule has 0 N–H and O–H groups in total. The van der Waals surface area contributed by atoms with Crippen molar-refractivity contribution in [3.05, 3.63) is 41.0 Å². The summed E-state index contributed by atoms with van der Waals surface area (Å²) in [6, 6.07) is 10.1. The Labute approximate surface area is 96.7 Å². The fourth-order valence-corrected chi connectivity index (χ4v) is 2.88. The second-order valence-corrected chi connectivity index (χ2v) is 4.73. The Kier molecular flexibility index (Phi) is 2.15. The van der Waals surface area contributed by atoms with Crippen LogP contribution in [0.4, 0.5) is 0 Å². The second kappa shape index (κ2) is 3.51. The molecule has 0 saturated heterocycles. The Hall–Kier alpha value is -1.06. The Balaban J connectivity index is 2.26. The lowest BCUT2D eigenvalue weighted by Crippen LogP contribution is -2.00. The van der Waals surface area contributed by atoms with Crippen molar-refractivity contribution in [2.75, 3.05) is 0 Å². The maximum absolute atomic E-state index is 5.82. The number of hydrogen-bond donors (Lipinski definition) is 0. The third kappa shape index (κ3) is 1.52. The molecule has 1 aromatic heterocycles. The molecule has 0 bridgehead atoms. The fraction of sp³-hybridized carbons (Fsp3) is 0.0909. The van der Waals surface area contributed by atoms with E-state index in [0.717, 1.165) is 17.0 Å². The number of nitrogens with zero attached hydrogens (tertiary/aromatic N) is 2. The van der Waals surface area contributed by atoms with Crippen molar-refractivity contribution < 1.29 is 0 Å². The van der Waals surface area contributed by atoms with E-state index in [1.165, 1.54) is 10.5 Å². The molecule has 0 aliphatic carbocycles. The molecular formula is C11H7ClN2S. The van der Waals surface area contributed by atoms with E-state index in [-0.39, 0.29) is 0 Å². The smallest absolute Gasteiger partial charge is 0.149 e. The van der Waals surface area contributed by atoms with Gasteiger partial charge >= 0.3 is 0 Å². The first kappa shape index (κ1) is 9.19. The van der Waals surface area contributed by atoms with Crippen molar-refractivity contribution in [3.63, 3.8) is 0 Å². The van der Waals surface area contributed by atoms with Crippen molar-refractivity contribution in [2.45, 2.75) is 10.6 Å². The Morgan fingerprint density at radius 1 is 1.20 bits per heavy atom. The van der Waals surface area contributed by atoms with E-state index < -0.39 is 0 Å².